The lowest BCUT2D eigenvalue weighted by Crippen LogP contribution is -2.31. The number of fused-ring (bicyclic) bond motifs is 1. The van der Waals surface area contributed by atoms with Crippen molar-refractivity contribution >= 4 is 39.0 Å². The third kappa shape index (κ3) is 3.13. The number of anilines is 2. The number of pyridine rings is 1. The summed E-state index contributed by atoms with van der Waals surface area (Å²) in [6.45, 7) is 5.12. The number of nitriles is 1. The van der Waals surface area contributed by atoms with Crippen molar-refractivity contribution in [3.8, 4) is 6.07 Å². The minimum Gasteiger partial charge on any atom is -0.397 e. The summed E-state index contributed by atoms with van der Waals surface area (Å²) in [5, 5.41) is 13.0. The van der Waals surface area contributed by atoms with Gasteiger partial charge in [0, 0.05) is 18.5 Å². The normalized spacial score (nSPS) is 17.1. The molecule has 0 aromatic carbocycles. The monoisotopic (exact) mass is 359 g/mol. The number of amides is 1. The van der Waals surface area contributed by atoms with Crippen LogP contribution in [-0.2, 0) is 4.74 Å². The van der Waals surface area contributed by atoms with Gasteiger partial charge in [0.05, 0.1) is 17.4 Å². The van der Waals surface area contributed by atoms with Crippen LogP contribution in [0, 0.1) is 11.3 Å². The standard InChI is InChI=1S/C17H21N5O2S/c1-8(2)11-10(6-18)15(20)22-17-12(11)13(19)14(25-17)16(23)21-7-9-4-3-5-24-9/h8-9H,3-5,7,19H2,1-2H3,(H2,20,22)(H,21,23). The molecule has 1 unspecified atom stereocenters. The molecule has 2 aromatic heterocycles. The maximum absolute atomic E-state index is 12.6. The van der Waals surface area contributed by atoms with Crippen molar-refractivity contribution in [1.29, 1.82) is 5.26 Å². The lowest BCUT2D eigenvalue weighted by molar-refractivity contribution is 0.0862. The molecular formula is C17H21N5O2S. The lowest BCUT2D eigenvalue weighted by atomic mass is 9.95. The fraction of sp³-hybridized carbons (Fsp3) is 0.471. The summed E-state index contributed by atoms with van der Waals surface area (Å²) in [5.74, 6) is -0.0452. The van der Waals surface area contributed by atoms with E-state index in [4.69, 9.17) is 16.2 Å². The van der Waals surface area contributed by atoms with Gasteiger partial charge in [-0.15, -0.1) is 11.3 Å². The molecule has 1 fully saturated rings. The van der Waals surface area contributed by atoms with Crippen molar-refractivity contribution in [1.82, 2.24) is 10.3 Å². The van der Waals surface area contributed by atoms with E-state index in [2.05, 4.69) is 16.4 Å². The number of nitrogen functional groups attached to an aromatic ring is 2. The Morgan fingerprint density at radius 3 is 2.88 bits per heavy atom. The molecule has 132 valence electrons. The van der Waals surface area contributed by atoms with Crippen LogP contribution < -0.4 is 16.8 Å². The van der Waals surface area contributed by atoms with Gasteiger partial charge in [-0.2, -0.15) is 5.26 Å². The number of aromatic nitrogens is 1. The molecular weight excluding hydrogens is 338 g/mol. The Bertz CT molecular complexity index is 862. The average Bonchev–Trinajstić information content (AvgIpc) is 3.19. The van der Waals surface area contributed by atoms with Gasteiger partial charge in [0.25, 0.3) is 5.91 Å². The summed E-state index contributed by atoms with van der Waals surface area (Å²) in [5.41, 5.74) is 13.6. The van der Waals surface area contributed by atoms with E-state index in [0.29, 0.717) is 32.9 Å². The minimum atomic E-state index is -0.247. The number of nitrogens with one attached hydrogen (secondary N) is 1. The molecule has 0 saturated carbocycles. The molecule has 0 bridgehead atoms. The Morgan fingerprint density at radius 2 is 2.28 bits per heavy atom. The molecule has 7 nitrogen and oxygen atoms in total. The highest BCUT2D eigenvalue weighted by molar-refractivity contribution is 7.21. The summed E-state index contributed by atoms with van der Waals surface area (Å²) >= 11 is 1.20. The zero-order chi connectivity index (χ0) is 18.1. The van der Waals surface area contributed by atoms with Crippen LogP contribution in [0.4, 0.5) is 11.5 Å². The smallest absolute Gasteiger partial charge is 0.263 e. The number of ether oxygens (including phenoxy) is 1. The van der Waals surface area contributed by atoms with Crippen molar-refractivity contribution in [3.63, 3.8) is 0 Å². The van der Waals surface area contributed by atoms with Gasteiger partial charge in [-0.05, 0) is 24.3 Å². The Labute approximate surface area is 150 Å². The zero-order valence-electron chi connectivity index (χ0n) is 14.3. The number of hydrogen-bond donors (Lipinski definition) is 3. The van der Waals surface area contributed by atoms with Crippen molar-refractivity contribution in [2.24, 2.45) is 0 Å². The molecule has 3 heterocycles. The molecule has 2 aromatic rings. The topological polar surface area (TPSA) is 127 Å². The van der Waals surface area contributed by atoms with Crippen LogP contribution in [0.2, 0.25) is 0 Å². The quantitative estimate of drug-likeness (QED) is 0.769. The van der Waals surface area contributed by atoms with Gasteiger partial charge in [0.15, 0.2) is 0 Å². The van der Waals surface area contributed by atoms with E-state index in [-0.39, 0.29) is 23.7 Å². The van der Waals surface area contributed by atoms with Crippen LogP contribution in [-0.4, -0.2) is 30.1 Å². The Kier molecular flexibility index (Phi) is 4.79. The first kappa shape index (κ1) is 17.5. The average molecular weight is 359 g/mol. The SMILES string of the molecule is CC(C)c1c(C#N)c(N)nc2sc(C(=O)NCC3CCCO3)c(N)c12. The van der Waals surface area contributed by atoms with Crippen molar-refractivity contribution < 1.29 is 9.53 Å². The predicted octanol–water partition coefficient (Wildman–Crippen LogP) is 2.36. The van der Waals surface area contributed by atoms with E-state index in [0.717, 1.165) is 25.0 Å². The second kappa shape index (κ2) is 6.86. The van der Waals surface area contributed by atoms with Gasteiger partial charge >= 0.3 is 0 Å². The minimum absolute atomic E-state index is 0.0298. The summed E-state index contributed by atoms with van der Waals surface area (Å²) in [6, 6.07) is 2.11. The van der Waals surface area contributed by atoms with E-state index < -0.39 is 0 Å². The highest BCUT2D eigenvalue weighted by Gasteiger charge is 2.25. The number of carbonyl (C=O) groups excluding carboxylic acids is 1. The third-order valence-electron chi connectivity index (χ3n) is 4.35. The summed E-state index contributed by atoms with van der Waals surface area (Å²) < 4.78 is 5.52. The molecule has 3 rings (SSSR count). The molecule has 8 heteroatoms. The summed E-state index contributed by atoms with van der Waals surface area (Å²) in [7, 11) is 0. The molecule has 25 heavy (non-hydrogen) atoms. The lowest BCUT2D eigenvalue weighted by Gasteiger charge is -2.12. The molecule has 1 atom stereocenters. The van der Waals surface area contributed by atoms with E-state index in [1.165, 1.54) is 11.3 Å². The van der Waals surface area contributed by atoms with Gasteiger partial charge in [-0.1, -0.05) is 13.8 Å². The molecule has 1 saturated heterocycles. The maximum atomic E-state index is 12.6. The van der Waals surface area contributed by atoms with Crippen LogP contribution in [0.1, 0.15) is 53.4 Å². The summed E-state index contributed by atoms with van der Waals surface area (Å²) in [4.78, 5) is 17.8. The van der Waals surface area contributed by atoms with Crippen molar-refractivity contribution in [3.05, 3.63) is 16.0 Å². The fourth-order valence-corrected chi connectivity index (χ4v) is 4.19. The number of nitrogens with zero attached hydrogens (tertiary/aromatic N) is 2. The number of hydrogen-bond acceptors (Lipinski definition) is 7. The Balaban J connectivity index is 2.00. The highest BCUT2D eigenvalue weighted by atomic mass is 32.1. The van der Waals surface area contributed by atoms with Crippen LogP contribution in [0.3, 0.4) is 0 Å². The Morgan fingerprint density at radius 1 is 1.52 bits per heavy atom. The van der Waals surface area contributed by atoms with E-state index in [1.807, 2.05) is 13.8 Å². The second-order valence-electron chi connectivity index (χ2n) is 6.42. The van der Waals surface area contributed by atoms with E-state index >= 15 is 0 Å². The van der Waals surface area contributed by atoms with E-state index in [1.54, 1.807) is 0 Å². The van der Waals surface area contributed by atoms with Gasteiger partial charge < -0.3 is 21.5 Å². The van der Waals surface area contributed by atoms with Gasteiger partial charge in [-0.25, -0.2) is 4.98 Å². The van der Waals surface area contributed by atoms with Gasteiger partial charge in [0.1, 0.15) is 21.6 Å². The van der Waals surface area contributed by atoms with Gasteiger partial charge in [0.2, 0.25) is 0 Å². The summed E-state index contributed by atoms with van der Waals surface area (Å²) in [6.07, 6.45) is 2.02. The maximum Gasteiger partial charge on any atom is 0.263 e. The van der Waals surface area contributed by atoms with Crippen LogP contribution in [0.25, 0.3) is 10.2 Å². The molecule has 0 radical (unpaired) electrons. The molecule has 5 N–H and O–H groups in total. The highest BCUT2D eigenvalue weighted by Crippen LogP contribution is 2.40. The molecule has 0 aliphatic carbocycles. The third-order valence-corrected chi connectivity index (χ3v) is 5.45. The van der Waals surface area contributed by atoms with Crippen LogP contribution in [0.5, 0.6) is 0 Å². The molecule has 1 aliphatic rings. The largest absolute Gasteiger partial charge is 0.397 e. The fourth-order valence-electron chi connectivity index (χ4n) is 3.15. The van der Waals surface area contributed by atoms with Crippen LogP contribution in [0.15, 0.2) is 0 Å². The zero-order valence-corrected chi connectivity index (χ0v) is 15.1. The number of carbonyl (C=O) groups is 1. The molecule has 0 spiro atoms. The van der Waals surface area contributed by atoms with Crippen LogP contribution >= 0.6 is 11.3 Å². The van der Waals surface area contributed by atoms with Gasteiger partial charge in [-0.3, -0.25) is 4.79 Å². The molecule has 1 aliphatic heterocycles. The number of thiophene rings is 1. The number of nitrogens with two attached hydrogens (primary N) is 2. The Hall–Kier alpha value is -2.37. The first-order chi connectivity index (χ1) is 11.9. The van der Waals surface area contributed by atoms with Crippen molar-refractivity contribution in [2.75, 3.05) is 24.6 Å². The number of rotatable bonds is 4. The first-order valence-electron chi connectivity index (χ1n) is 8.25. The second-order valence-corrected chi connectivity index (χ2v) is 7.42. The predicted molar refractivity (Wildman–Crippen MR) is 98.6 cm³/mol. The van der Waals surface area contributed by atoms with Crippen molar-refractivity contribution in [2.45, 2.75) is 38.7 Å². The first-order valence-corrected chi connectivity index (χ1v) is 9.06. The van der Waals surface area contributed by atoms with E-state index in [9.17, 15) is 10.1 Å². The molecule has 1 amide bonds.